The van der Waals surface area contributed by atoms with Crippen LogP contribution in [0.5, 0.6) is 0 Å². The van der Waals surface area contributed by atoms with E-state index in [9.17, 15) is 4.79 Å². The van der Waals surface area contributed by atoms with Gasteiger partial charge in [-0.1, -0.05) is 12.7 Å². The Labute approximate surface area is 91.8 Å². The monoisotopic (exact) mass is 212 g/mol. The fourth-order valence-electron chi connectivity index (χ4n) is 0.681. The third-order valence-electron chi connectivity index (χ3n) is 1.44. The van der Waals surface area contributed by atoms with E-state index in [1.807, 2.05) is 26.8 Å². The molecule has 0 rings (SSSR count). The van der Waals surface area contributed by atoms with Crippen LogP contribution in [0.3, 0.4) is 0 Å². The summed E-state index contributed by atoms with van der Waals surface area (Å²) in [5.41, 5.74) is 0.271. The maximum absolute atomic E-state index is 10.9. The van der Waals surface area contributed by atoms with E-state index in [4.69, 9.17) is 9.47 Å². The molecule has 0 aromatic rings. The highest BCUT2D eigenvalue weighted by Gasteiger charge is 2.07. The third kappa shape index (κ3) is 9.22. The summed E-state index contributed by atoms with van der Waals surface area (Å²) in [7, 11) is 0. The second-order valence-corrected chi connectivity index (χ2v) is 4.27. The quantitative estimate of drug-likeness (QED) is 0.399. The van der Waals surface area contributed by atoms with Gasteiger partial charge >= 0.3 is 5.97 Å². The summed E-state index contributed by atoms with van der Waals surface area (Å²) in [6.45, 7) is 11.8. The Kier molecular flexibility index (Phi) is 5.94. The standard InChI is InChI=1S/C12H20O3/c1-10(2)11(13)14-8-6-7-9-15-12(3,4)5/h6-7H,1,8-9H2,2-5H3. The second kappa shape index (κ2) is 6.40. The maximum atomic E-state index is 10.9. The molecule has 86 valence electrons. The average molecular weight is 212 g/mol. The van der Waals surface area contributed by atoms with Crippen molar-refractivity contribution in [1.29, 1.82) is 0 Å². The first-order valence-electron chi connectivity index (χ1n) is 4.94. The minimum atomic E-state index is -0.364. The SMILES string of the molecule is C=C(C)C(=O)OCC=CCOC(C)(C)C. The van der Waals surface area contributed by atoms with Crippen molar-refractivity contribution in [2.45, 2.75) is 33.3 Å². The molecule has 3 nitrogen and oxygen atoms in total. The molecule has 0 bridgehead atoms. The van der Waals surface area contributed by atoms with E-state index in [1.54, 1.807) is 13.0 Å². The molecule has 0 aliphatic rings. The second-order valence-electron chi connectivity index (χ2n) is 4.27. The predicted octanol–water partition coefficient (Wildman–Crippen LogP) is 2.48. The molecule has 0 saturated heterocycles. The van der Waals surface area contributed by atoms with Crippen LogP contribution >= 0.6 is 0 Å². The van der Waals surface area contributed by atoms with Crippen molar-refractivity contribution < 1.29 is 14.3 Å². The van der Waals surface area contributed by atoms with E-state index in [-0.39, 0.29) is 18.2 Å². The molecular weight excluding hydrogens is 192 g/mol. The van der Waals surface area contributed by atoms with Gasteiger partial charge in [-0.25, -0.2) is 4.79 Å². The number of carbonyl (C=O) groups excluding carboxylic acids is 1. The lowest BCUT2D eigenvalue weighted by Gasteiger charge is -2.17. The molecule has 15 heavy (non-hydrogen) atoms. The van der Waals surface area contributed by atoms with Gasteiger partial charge in [-0.05, 0) is 33.8 Å². The molecule has 0 amide bonds. The average Bonchev–Trinajstić information content (AvgIpc) is 2.08. The van der Waals surface area contributed by atoms with Crippen LogP contribution in [0.15, 0.2) is 24.3 Å². The molecule has 0 N–H and O–H groups in total. The Morgan fingerprint density at radius 3 is 2.27 bits per heavy atom. The van der Waals surface area contributed by atoms with E-state index in [0.29, 0.717) is 12.2 Å². The van der Waals surface area contributed by atoms with Gasteiger partial charge < -0.3 is 9.47 Å². The van der Waals surface area contributed by atoms with Gasteiger partial charge in [0.25, 0.3) is 0 Å². The number of carbonyl (C=O) groups is 1. The van der Waals surface area contributed by atoms with Crippen LogP contribution in [-0.2, 0) is 14.3 Å². The highest BCUT2D eigenvalue weighted by atomic mass is 16.5. The molecule has 0 aromatic carbocycles. The number of hydrogen-bond acceptors (Lipinski definition) is 3. The molecule has 0 unspecified atom stereocenters. The van der Waals surface area contributed by atoms with Gasteiger partial charge in [0.1, 0.15) is 6.61 Å². The minimum Gasteiger partial charge on any atom is -0.458 e. The summed E-state index contributed by atoms with van der Waals surface area (Å²) in [6, 6.07) is 0. The lowest BCUT2D eigenvalue weighted by atomic mass is 10.2. The molecule has 0 heterocycles. The predicted molar refractivity (Wildman–Crippen MR) is 60.6 cm³/mol. The summed E-state index contributed by atoms with van der Waals surface area (Å²) in [4.78, 5) is 10.9. The van der Waals surface area contributed by atoms with Gasteiger partial charge in [-0.3, -0.25) is 0 Å². The van der Waals surface area contributed by atoms with Gasteiger partial charge in [-0.15, -0.1) is 0 Å². The first-order valence-corrected chi connectivity index (χ1v) is 4.94. The highest BCUT2D eigenvalue weighted by Crippen LogP contribution is 2.05. The zero-order chi connectivity index (χ0) is 11.9. The van der Waals surface area contributed by atoms with Crippen molar-refractivity contribution in [3.8, 4) is 0 Å². The van der Waals surface area contributed by atoms with Crippen LogP contribution in [-0.4, -0.2) is 24.8 Å². The van der Waals surface area contributed by atoms with Crippen LogP contribution < -0.4 is 0 Å². The highest BCUT2D eigenvalue weighted by molar-refractivity contribution is 5.86. The lowest BCUT2D eigenvalue weighted by Crippen LogP contribution is -2.18. The molecule has 0 radical (unpaired) electrons. The van der Waals surface area contributed by atoms with Crippen molar-refractivity contribution in [3.63, 3.8) is 0 Å². The van der Waals surface area contributed by atoms with Gasteiger partial charge in [0.05, 0.1) is 12.2 Å². The van der Waals surface area contributed by atoms with Crippen molar-refractivity contribution >= 4 is 5.97 Å². The molecule has 0 aliphatic heterocycles. The van der Waals surface area contributed by atoms with E-state index >= 15 is 0 Å². The maximum Gasteiger partial charge on any atom is 0.333 e. The Morgan fingerprint density at radius 1 is 1.27 bits per heavy atom. The minimum absolute atomic E-state index is 0.140. The van der Waals surface area contributed by atoms with Crippen molar-refractivity contribution in [2.24, 2.45) is 0 Å². The first kappa shape index (κ1) is 13.9. The van der Waals surface area contributed by atoms with Gasteiger partial charge in [-0.2, -0.15) is 0 Å². The molecule has 3 heteroatoms. The molecule has 0 aliphatic carbocycles. The summed E-state index contributed by atoms with van der Waals surface area (Å²) >= 11 is 0. The smallest absolute Gasteiger partial charge is 0.333 e. The van der Waals surface area contributed by atoms with E-state index in [1.165, 1.54) is 0 Å². The Morgan fingerprint density at radius 2 is 1.80 bits per heavy atom. The molecule has 0 saturated carbocycles. The topological polar surface area (TPSA) is 35.5 Å². The van der Waals surface area contributed by atoms with Crippen LogP contribution in [0.4, 0.5) is 0 Å². The van der Waals surface area contributed by atoms with E-state index in [0.717, 1.165) is 0 Å². The van der Waals surface area contributed by atoms with Crippen molar-refractivity contribution in [1.82, 2.24) is 0 Å². The van der Waals surface area contributed by atoms with Crippen LogP contribution in [0.2, 0.25) is 0 Å². The van der Waals surface area contributed by atoms with E-state index in [2.05, 4.69) is 6.58 Å². The molecular formula is C12H20O3. The van der Waals surface area contributed by atoms with E-state index < -0.39 is 0 Å². The number of hydrogen-bond donors (Lipinski definition) is 0. The first-order chi connectivity index (χ1) is 6.83. The zero-order valence-corrected chi connectivity index (χ0v) is 10.0. The summed E-state index contributed by atoms with van der Waals surface area (Å²) in [5, 5.41) is 0. The Balaban J connectivity index is 3.56. The molecule has 0 atom stereocenters. The normalized spacial score (nSPS) is 11.7. The lowest BCUT2D eigenvalue weighted by molar-refractivity contribution is -0.137. The van der Waals surface area contributed by atoms with Crippen molar-refractivity contribution in [3.05, 3.63) is 24.3 Å². The van der Waals surface area contributed by atoms with Gasteiger partial charge in [0.2, 0.25) is 0 Å². The number of ether oxygens (including phenoxy) is 2. The Hall–Kier alpha value is -1.09. The fourth-order valence-corrected chi connectivity index (χ4v) is 0.681. The van der Waals surface area contributed by atoms with Crippen LogP contribution in [0.25, 0.3) is 0 Å². The Bertz CT molecular complexity index is 246. The molecule has 0 spiro atoms. The summed E-state index contributed by atoms with van der Waals surface area (Å²) < 4.78 is 10.3. The fraction of sp³-hybridized carbons (Fsp3) is 0.583. The summed E-state index contributed by atoms with van der Waals surface area (Å²) in [6.07, 6.45) is 3.59. The van der Waals surface area contributed by atoms with Crippen LogP contribution in [0, 0.1) is 0 Å². The third-order valence-corrected chi connectivity index (χ3v) is 1.44. The largest absolute Gasteiger partial charge is 0.458 e. The zero-order valence-electron chi connectivity index (χ0n) is 10.0. The van der Waals surface area contributed by atoms with Crippen molar-refractivity contribution in [2.75, 3.05) is 13.2 Å². The molecule has 0 aromatic heterocycles. The number of rotatable bonds is 5. The van der Waals surface area contributed by atoms with Crippen LogP contribution in [0.1, 0.15) is 27.7 Å². The van der Waals surface area contributed by atoms with Gasteiger partial charge in [0, 0.05) is 5.57 Å². The molecule has 0 fully saturated rings. The van der Waals surface area contributed by atoms with Gasteiger partial charge in [0.15, 0.2) is 0 Å². The summed E-state index contributed by atoms with van der Waals surface area (Å²) in [5.74, 6) is -0.364. The number of esters is 1.